The van der Waals surface area contributed by atoms with Gasteiger partial charge in [0.1, 0.15) is 13.2 Å². The van der Waals surface area contributed by atoms with E-state index in [9.17, 15) is 14.4 Å². The number of hydrogen-bond donors (Lipinski definition) is 0. The normalized spacial score (nSPS) is 12.1. The zero-order valence-electron chi connectivity index (χ0n) is 40.4. The lowest BCUT2D eigenvalue weighted by Crippen LogP contribution is -2.30. The fraction of sp³-hybridized carbons (Fsp3) is 0.943. The molecule has 0 amide bonds. The summed E-state index contributed by atoms with van der Waals surface area (Å²) in [5.74, 6) is 0.833. The lowest BCUT2D eigenvalue weighted by molar-refractivity contribution is -0.167. The Labute approximate surface area is 368 Å². The number of unbranched alkanes of at least 4 members (excludes halogenated alkanes) is 32. The average Bonchev–Trinajstić information content (AvgIpc) is 3.20. The van der Waals surface area contributed by atoms with Crippen LogP contribution in [0.25, 0.3) is 0 Å². The Morgan fingerprint density at radius 1 is 0.322 bits per heavy atom. The second-order valence-corrected chi connectivity index (χ2v) is 19.1. The van der Waals surface area contributed by atoms with Gasteiger partial charge in [-0.05, 0) is 31.1 Å². The molecule has 6 nitrogen and oxygen atoms in total. The van der Waals surface area contributed by atoms with Crippen molar-refractivity contribution < 1.29 is 28.6 Å². The van der Waals surface area contributed by atoms with Gasteiger partial charge in [0, 0.05) is 19.3 Å². The summed E-state index contributed by atoms with van der Waals surface area (Å²) in [6.07, 6.45) is 46.8. The van der Waals surface area contributed by atoms with Crippen molar-refractivity contribution in [3.63, 3.8) is 0 Å². The van der Waals surface area contributed by atoms with Crippen molar-refractivity contribution in [2.45, 2.75) is 298 Å². The molecule has 0 saturated heterocycles. The molecule has 0 fully saturated rings. The maximum absolute atomic E-state index is 12.7. The molecular weight excluding hydrogens is 733 g/mol. The monoisotopic (exact) mass is 835 g/mol. The zero-order valence-corrected chi connectivity index (χ0v) is 40.4. The van der Waals surface area contributed by atoms with Crippen LogP contribution >= 0.6 is 0 Å². The smallest absolute Gasteiger partial charge is 0.306 e. The molecule has 1 atom stereocenters. The molecule has 0 heterocycles. The third-order valence-electron chi connectivity index (χ3n) is 12.0. The SMILES string of the molecule is CCCCCCCCCC(=O)O[C@H](COC(=O)CCCCCCCCCCCCCCCCCCC(C)C)COC(=O)CCCCCCCCCCCCCCC(C)C. The van der Waals surface area contributed by atoms with E-state index >= 15 is 0 Å². The molecule has 59 heavy (non-hydrogen) atoms. The van der Waals surface area contributed by atoms with Crippen LogP contribution in [-0.2, 0) is 28.6 Å². The van der Waals surface area contributed by atoms with E-state index in [1.54, 1.807) is 0 Å². The molecule has 6 heteroatoms. The third-order valence-corrected chi connectivity index (χ3v) is 12.0. The van der Waals surface area contributed by atoms with E-state index in [4.69, 9.17) is 14.2 Å². The van der Waals surface area contributed by atoms with Crippen molar-refractivity contribution in [2.24, 2.45) is 11.8 Å². The number of rotatable bonds is 47. The van der Waals surface area contributed by atoms with Crippen molar-refractivity contribution in [1.29, 1.82) is 0 Å². The minimum absolute atomic E-state index is 0.0640. The molecule has 0 aliphatic carbocycles. The van der Waals surface area contributed by atoms with E-state index in [2.05, 4.69) is 34.6 Å². The van der Waals surface area contributed by atoms with Gasteiger partial charge >= 0.3 is 17.9 Å². The van der Waals surface area contributed by atoms with Crippen LogP contribution in [0.4, 0.5) is 0 Å². The summed E-state index contributed by atoms with van der Waals surface area (Å²) in [4.78, 5) is 37.8. The van der Waals surface area contributed by atoms with Crippen LogP contribution in [0.15, 0.2) is 0 Å². The van der Waals surface area contributed by atoms with Crippen LogP contribution < -0.4 is 0 Å². The zero-order chi connectivity index (χ0) is 43.3. The molecule has 0 unspecified atom stereocenters. The standard InChI is InChI=1S/C53H102O6/c1-6-7-8-9-26-35-40-45-53(56)59-50(47-58-52(55)44-39-34-30-25-21-17-16-19-23-28-32-37-42-49(4)5)46-57-51(54)43-38-33-29-24-20-15-13-11-10-12-14-18-22-27-31-36-41-48(2)3/h48-50H,6-47H2,1-5H3/t50-/m1/s1. The Kier molecular flexibility index (Phi) is 44.7. The summed E-state index contributed by atoms with van der Waals surface area (Å²) in [7, 11) is 0. The molecule has 0 aromatic carbocycles. The molecule has 0 saturated carbocycles. The molecule has 0 rings (SSSR count). The fourth-order valence-corrected chi connectivity index (χ4v) is 7.99. The first-order chi connectivity index (χ1) is 28.7. The molecule has 0 aromatic heterocycles. The molecule has 0 aliphatic heterocycles. The highest BCUT2D eigenvalue weighted by atomic mass is 16.6. The quantitative estimate of drug-likeness (QED) is 0.0345. The van der Waals surface area contributed by atoms with Crippen LogP contribution in [0.2, 0.25) is 0 Å². The Bertz CT molecular complexity index is 900. The highest BCUT2D eigenvalue weighted by Gasteiger charge is 2.19. The molecular formula is C53H102O6. The van der Waals surface area contributed by atoms with Crippen molar-refractivity contribution in [3.8, 4) is 0 Å². The van der Waals surface area contributed by atoms with Gasteiger partial charge in [0.15, 0.2) is 6.10 Å². The van der Waals surface area contributed by atoms with Gasteiger partial charge in [0.25, 0.3) is 0 Å². The van der Waals surface area contributed by atoms with Gasteiger partial charge in [-0.25, -0.2) is 0 Å². The van der Waals surface area contributed by atoms with Crippen molar-refractivity contribution in [2.75, 3.05) is 13.2 Å². The van der Waals surface area contributed by atoms with Crippen LogP contribution in [0, 0.1) is 11.8 Å². The molecule has 0 radical (unpaired) electrons. The van der Waals surface area contributed by atoms with Gasteiger partial charge in [-0.1, -0.05) is 253 Å². The molecule has 0 N–H and O–H groups in total. The Morgan fingerprint density at radius 3 is 0.831 bits per heavy atom. The van der Waals surface area contributed by atoms with Gasteiger partial charge in [-0.2, -0.15) is 0 Å². The molecule has 0 aliphatic rings. The molecule has 0 aromatic rings. The highest BCUT2D eigenvalue weighted by molar-refractivity contribution is 5.71. The van der Waals surface area contributed by atoms with Crippen molar-refractivity contribution in [1.82, 2.24) is 0 Å². The van der Waals surface area contributed by atoms with Crippen LogP contribution in [0.3, 0.4) is 0 Å². The van der Waals surface area contributed by atoms with E-state index in [0.29, 0.717) is 19.3 Å². The van der Waals surface area contributed by atoms with Gasteiger partial charge in [0.05, 0.1) is 0 Å². The fourth-order valence-electron chi connectivity index (χ4n) is 7.99. The van der Waals surface area contributed by atoms with Crippen molar-refractivity contribution in [3.05, 3.63) is 0 Å². The topological polar surface area (TPSA) is 78.9 Å². The van der Waals surface area contributed by atoms with Crippen LogP contribution in [-0.4, -0.2) is 37.2 Å². The Morgan fingerprint density at radius 2 is 0.559 bits per heavy atom. The number of ether oxygens (including phenoxy) is 3. The second-order valence-electron chi connectivity index (χ2n) is 19.1. The minimum Gasteiger partial charge on any atom is -0.462 e. The minimum atomic E-state index is -0.760. The number of carbonyl (C=O) groups excluding carboxylic acids is 3. The highest BCUT2D eigenvalue weighted by Crippen LogP contribution is 2.17. The lowest BCUT2D eigenvalue weighted by Gasteiger charge is -2.18. The van der Waals surface area contributed by atoms with Crippen molar-refractivity contribution >= 4 is 17.9 Å². The van der Waals surface area contributed by atoms with Gasteiger partial charge in [-0.3, -0.25) is 14.4 Å². The maximum atomic E-state index is 12.7. The molecule has 0 spiro atoms. The Hall–Kier alpha value is -1.59. The van der Waals surface area contributed by atoms with Crippen LogP contribution in [0.1, 0.15) is 291 Å². The second kappa shape index (κ2) is 45.9. The van der Waals surface area contributed by atoms with E-state index in [1.807, 2.05) is 0 Å². The predicted octanol–water partition coefficient (Wildman–Crippen LogP) is 16.9. The summed E-state index contributed by atoms with van der Waals surface area (Å²) >= 11 is 0. The van der Waals surface area contributed by atoms with E-state index < -0.39 is 6.10 Å². The van der Waals surface area contributed by atoms with E-state index in [1.165, 1.54) is 180 Å². The van der Waals surface area contributed by atoms with Gasteiger partial charge in [0.2, 0.25) is 0 Å². The lowest BCUT2D eigenvalue weighted by atomic mass is 10.0. The summed E-state index contributed by atoms with van der Waals surface area (Å²) in [5.41, 5.74) is 0. The third kappa shape index (κ3) is 47.3. The van der Waals surface area contributed by atoms with Crippen LogP contribution in [0.5, 0.6) is 0 Å². The molecule has 0 bridgehead atoms. The summed E-state index contributed by atoms with van der Waals surface area (Å²) < 4.78 is 16.7. The first-order valence-electron chi connectivity index (χ1n) is 26.2. The summed E-state index contributed by atoms with van der Waals surface area (Å²) in [6.45, 7) is 11.4. The van der Waals surface area contributed by atoms with E-state index in [0.717, 1.165) is 69.6 Å². The van der Waals surface area contributed by atoms with Gasteiger partial charge in [-0.15, -0.1) is 0 Å². The predicted molar refractivity (Wildman–Crippen MR) is 252 cm³/mol. The number of esters is 3. The Balaban J connectivity index is 4.14. The average molecular weight is 835 g/mol. The first-order valence-corrected chi connectivity index (χ1v) is 26.2. The summed E-state index contributed by atoms with van der Waals surface area (Å²) in [6, 6.07) is 0. The van der Waals surface area contributed by atoms with E-state index in [-0.39, 0.29) is 31.1 Å². The largest absolute Gasteiger partial charge is 0.462 e. The molecule has 350 valence electrons. The first kappa shape index (κ1) is 57.4. The van der Waals surface area contributed by atoms with Gasteiger partial charge < -0.3 is 14.2 Å². The summed E-state index contributed by atoms with van der Waals surface area (Å²) in [5, 5.41) is 0. The number of hydrogen-bond acceptors (Lipinski definition) is 6. The number of carbonyl (C=O) groups is 3. The maximum Gasteiger partial charge on any atom is 0.306 e.